The second kappa shape index (κ2) is 17.4. The third kappa shape index (κ3) is 9.18. The van der Waals surface area contributed by atoms with Crippen molar-refractivity contribution >= 4 is 75.4 Å². The van der Waals surface area contributed by atoms with Crippen molar-refractivity contribution in [3.8, 4) is 0 Å². The van der Waals surface area contributed by atoms with E-state index in [0.29, 0.717) is 57.4 Å². The molecule has 4 fully saturated rings. The highest BCUT2D eigenvalue weighted by Crippen LogP contribution is 2.43. The van der Waals surface area contributed by atoms with Crippen molar-refractivity contribution in [1.29, 1.82) is 0 Å². The number of carbonyl (C=O) groups is 4. The maximum atomic E-state index is 14.7. The fourth-order valence-electron chi connectivity index (χ4n) is 8.78. The van der Waals surface area contributed by atoms with Crippen LogP contribution in [-0.2, 0) is 9.59 Å². The second-order valence-corrected chi connectivity index (χ2v) is 17.1. The fraction of sp³-hybridized carbons (Fsp3) is 0.304. The van der Waals surface area contributed by atoms with Crippen LogP contribution in [0.25, 0.3) is 0 Å². The standard InChI is InChI=1S/C46H46ClFN10O4/c47-36-3-1-2-4-38(36)53-42(60)30-5-9-33(10-6-30)51-41-37(48)23-49-45(55-41)52-34-11-7-31(8-12-34)44(62)57-21-19-29(20-22-57)24-56-25-46(26-56)27-58(28-46)35-15-13-32(14-16-35)50-39-17-18-40(59)54-43(39)61/h1-16,23,29,39,50H,17-22,24-28H2,(H,53,60)(H,54,59,61)(H2,49,51,52,55). The van der Waals surface area contributed by atoms with Crippen molar-refractivity contribution in [2.24, 2.45) is 11.3 Å². The lowest BCUT2D eigenvalue weighted by Gasteiger charge is -2.61. The summed E-state index contributed by atoms with van der Waals surface area (Å²) in [6.45, 7) is 6.77. The highest BCUT2D eigenvalue weighted by atomic mass is 35.5. The van der Waals surface area contributed by atoms with Gasteiger partial charge in [0, 0.05) is 91.5 Å². The number of carbonyl (C=O) groups excluding carboxylic acids is 4. The number of aromatic nitrogens is 2. The Labute approximate surface area is 363 Å². The molecule has 62 heavy (non-hydrogen) atoms. The Morgan fingerprint density at radius 1 is 0.806 bits per heavy atom. The maximum Gasteiger partial charge on any atom is 0.255 e. The van der Waals surface area contributed by atoms with Gasteiger partial charge in [-0.3, -0.25) is 24.5 Å². The van der Waals surface area contributed by atoms with Crippen molar-refractivity contribution in [1.82, 2.24) is 25.1 Å². The van der Waals surface area contributed by atoms with Crippen LogP contribution in [0.15, 0.2) is 103 Å². The molecule has 1 unspecified atom stereocenters. The van der Waals surface area contributed by atoms with Crippen LogP contribution in [0.5, 0.6) is 0 Å². The zero-order valence-corrected chi connectivity index (χ0v) is 34.6. The summed E-state index contributed by atoms with van der Waals surface area (Å²) in [5.41, 5.74) is 5.06. The van der Waals surface area contributed by atoms with E-state index in [1.54, 1.807) is 72.8 Å². The molecule has 16 heteroatoms. The zero-order chi connectivity index (χ0) is 42.8. The molecular weight excluding hydrogens is 811 g/mol. The maximum absolute atomic E-state index is 14.7. The Bertz CT molecular complexity index is 2470. The van der Waals surface area contributed by atoms with E-state index in [1.807, 2.05) is 17.0 Å². The number of nitrogens with zero attached hydrogens (tertiary/aromatic N) is 5. The van der Waals surface area contributed by atoms with Gasteiger partial charge >= 0.3 is 0 Å². The first-order chi connectivity index (χ1) is 30.0. The second-order valence-electron chi connectivity index (χ2n) is 16.7. The Kier molecular flexibility index (Phi) is 11.5. The van der Waals surface area contributed by atoms with Crippen LogP contribution in [0.2, 0.25) is 5.02 Å². The summed E-state index contributed by atoms with van der Waals surface area (Å²) in [4.78, 5) is 65.0. The summed E-state index contributed by atoms with van der Waals surface area (Å²) in [6.07, 6.45) is 3.87. The van der Waals surface area contributed by atoms with Gasteiger partial charge in [-0.05, 0) is 110 Å². The lowest BCUT2D eigenvalue weighted by molar-refractivity contribution is -0.133. The Hall–Kier alpha value is -6.58. The third-order valence-corrected chi connectivity index (χ3v) is 12.4. The van der Waals surface area contributed by atoms with Gasteiger partial charge in [-0.25, -0.2) is 9.37 Å². The molecule has 0 bridgehead atoms. The molecule has 14 nitrogen and oxygen atoms in total. The molecule has 318 valence electrons. The predicted octanol–water partition coefficient (Wildman–Crippen LogP) is 6.90. The molecule has 1 spiro atoms. The van der Waals surface area contributed by atoms with Crippen LogP contribution in [0.1, 0.15) is 46.4 Å². The van der Waals surface area contributed by atoms with Crippen molar-refractivity contribution in [2.45, 2.75) is 31.7 Å². The molecule has 4 aromatic carbocycles. The number of anilines is 7. The molecule has 0 aliphatic carbocycles. The first-order valence-electron chi connectivity index (χ1n) is 20.8. The molecule has 4 aliphatic rings. The minimum atomic E-state index is -0.650. The summed E-state index contributed by atoms with van der Waals surface area (Å²) in [7, 11) is 0. The van der Waals surface area contributed by atoms with Gasteiger partial charge in [-0.1, -0.05) is 23.7 Å². The van der Waals surface area contributed by atoms with E-state index < -0.39 is 11.9 Å². The quantitative estimate of drug-likeness (QED) is 0.0830. The van der Waals surface area contributed by atoms with Gasteiger partial charge in [0.1, 0.15) is 6.04 Å². The SMILES string of the molecule is O=C1CCC(Nc2ccc(N3CC4(CN(CC5CCN(C(=O)c6ccc(Nc7ncc(F)c(Nc8ccc(C(=O)Nc9ccccc9Cl)cc8)n7)cc6)CC5)C4)C3)cc2)C(=O)N1. The first-order valence-corrected chi connectivity index (χ1v) is 21.2. The van der Waals surface area contributed by atoms with E-state index in [9.17, 15) is 23.6 Å². The third-order valence-electron chi connectivity index (χ3n) is 12.1. The number of piperidine rings is 2. The molecule has 4 aliphatic heterocycles. The van der Waals surface area contributed by atoms with Crippen molar-refractivity contribution in [2.75, 3.05) is 72.0 Å². The zero-order valence-electron chi connectivity index (χ0n) is 33.9. The van der Waals surface area contributed by atoms with E-state index >= 15 is 0 Å². The van der Waals surface area contributed by atoms with E-state index in [4.69, 9.17) is 11.6 Å². The average molecular weight is 857 g/mol. The number of imide groups is 1. The van der Waals surface area contributed by atoms with Crippen LogP contribution in [0.4, 0.5) is 44.6 Å². The van der Waals surface area contributed by atoms with Crippen LogP contribution in [0, 0.1) is 17.2 Å². The molecule has 5 aromatic rings. The van der Waals surface area contributed by atoms with Gasteiger partial charge in [0.2, 0.25) is 17.8 Å². The largest absolute Gasteiger partial charge is 0.374 e. The number of hydrogen-bond donors (Lipinski definition) is 5. The molecule has 1 aromatic heterocycles. The predicted molar refractivity (Wildman–Crippen MR) is 237 cm³/mol. The molecule has 5 heterocycles. The highest BCUT2D eigenvalue weighted by Gasteiger charge is 2.51. The Morgan fingerprint density at radius 2 is 1.47 bits per heavy atom. The smallest absolute Gasteiger partial charge is 0.255 e. The number of likely N-dealkylation sites (tertiary alicyclic amines) is 2. The lowest BCUT2D eigenvalue weighted by Crippen LogP contribution is -2.72. The molecular formula is C46H46ClFN10O4. The highest BCUT2D eigenvalue weighted by molar-refractivity contribution is 6.33. The van der Waals surface area contributed by atoms with Gasteiger partial charge in [0.15, 0.2) is 11.6 Å². The van der Waals surface area contributed by atoms with Gasteiger partial charge in [0.05, 0.1) is 16.9 Å². The minimum Gasteiger partial charge on any atom is -0.374 e. The Balaban J connectivity index is 0.694. The van der Waals surface area contributed by atoms with E-state index in [-0.39, 0.29) is 35.4 Å². The minimum absolute atomic E-state index is 0.00382. The lowest BCUT2D eigenvalue weighted by atomic mass is 9.72. The van der Waals surface area contributed by atoms with Crippen molar-refractivity contribution < 1.29 is 23.6 Å². The molecule has 4 saturated heterocycles. The van der Waals surface area contributed by atoms with Crippen LogP contribution >= 0.6 is 11.6 Å². The average Bonchev–Trinajstić information content (AvgIpc) is 3.25. The molecule has 5 N–H and O–H groups in total. The number of nitrogens with one attached hydrogen (secondary N) is 5. The number of hydrogen-bond acceptors (Lipinski definition) is 11. The number of benzene rings is 4. The molecule has 0 radical (unpaired) electrons. The van der Waals surface area contributed by atoms with Crippen LogP contribution in [-0.4, -0.2) is 95.3 Å². The summed E-state index contributed by atoms with van der Waals surface area (Å²) in [6, 6.07) is 28.4. The van der Waals surface area contributed by atoms with Crippen molar-refractivity contribution in [3.05, 3.63) is 125 Å². The summed E-state index contributed by atoms with van der Waals surface area (Å²) in [5, 5.41) is 14.9. The molecule has 1 atom stereocenters. The first kappa shape index (κ1) is 40.8. The van der Waals surface area contributed by atoms with Gasteiger partial charge in [0.25, 0.3) is 11.8 Å². The van der Waals surface area contributed by atoms with E-state index in [2.05, 4.69) is 58.5 Å². The van der Waals surface area contributed by atoms with E-state index in [0.717, 1.165) is 70.5 Å². The normalized spacial score (nSPS) is 18.6. The van der Waals surface area contributed by atoms with E-state index in [1.165, 1.54) is 5.69 Å². The monoisotopic (exact) mass is 856 g/mol. The van der Waals surface area contributed by atoms with Gasteiger partial charge < -0.3 is 36.0 Å². The van der Waals surface area contributed by atoms with Crippen LogP contribution in [0.3, 0.4) is 0 Å². The number of rotatable bonds is 12. The Morgan fingerprint density at radius 3 is 2.16 bits per heavy atom. The fourth-order valence-corrected chi connectivity index (χ4v) is 8.97. The summed E-state index contributed by atoms with van der Waals surface area (Å²) < 4.78 is 14.7. The molecule has 4 amide bonds. The number of amides is 4. The topological polar surface area (TPSA) is 164 Å². The van der Waals surface area contributed by atoms with Crippen molar-refractivity contribution in [3.63, 3.8) is 0 Å². The summed E-state index contributed by atoms with van der Waals surface area (Å²) >= 11 is 6.16. The molecule has 9 rings (SSSR count). The number of halogens is 2. The van der Waals surface area contributed by atoms with Gasteiger partial charge in [-0.15, -0.1) is 0 Å². The van der Waals surface area contributed by atoms with Crippen LogP contribution < -0.4 is 31.5 Å². The number of para-hydroxylation sites is 1. The molecule has 0 saturated carbocycles. The summed E-state index contributed by atoms with van der Waals surface area (Å²) in [5.74, 6) is -0.780. The van der Waals surface area contributed by atoms with Gasteiger partial charge in [-0.2, -0.15) is 4.98 Å².